The molecule has 1 aliphatic rings. The van der Waals surface area contributed by atoms with Crippen molar-refractivity contribution < 1.29 is 9.53 Å². The van der Waals surface area contributed by atoms with Crippen molar-refractivity contribution in [3.63, 3.8) is 0 Å². The van der Waals surface area contributed by atoms with E-state index in [1.807, 2.05) is 23.1 Å². The van der Waals surface area contributed by atoms with Crippen LogP contribution in [0.3, 0.4) is 0 Å². The maximum absolute atomic E-state index is 13.0. The number of amides is 1. The number of rotatable bonds is 6. The third-order valence-corrected chi connectivity index (χ3v) is 6.66. The van der Waals surface area contributed by atoms with Crippen LogP contribution in [0.15, 0.2) is 66.9 Å². The SMILES string of the molecule is COc1cccc(C(=O)N2CCN(Cc3c(-c4ccc(C(C)C)cc4)nc4ccccn34)CC2)n1. The molecule has 1 aliphatic heterocycles. The van der Waals surface area contributed by atoms with Gasteiger partial charge in [-0.05, 0) is 29.7 Å². The second-order valence-corrected chi connectivity index (χ2v) is 9.25. The molecule has 3 aromatic heterocycles. The van der Waals surface area contributed by atoms with Crippen LogP contribution in [-0.4, -0.2) is 63.4 Å². The molecule has 35 heavy (non-hydrogen) atoms. The first-order valence-electron chi connectivity index (χ1n) is 12.1. The standard InChI is InChI=1S/C28H31N5O2/c1-20(2)21-10-12-22(13-11-21)27-24(33-14-5-4-8-25(33)30-27)19-31-15-17-32(18-16-31)28(34)23-7-6-9-26(29-23)35-3/h4-14,20H,15-19H2,1-3H3. The van der Waals surface area contributed by atoms with Crippen molar-refractivity contribution in [2.24, 2.45) is 0 Å². The van der Waals surface area contributed by atoms with E-state index in [0.717, 1.165) is 36.5 Å². The van der Waals surface area contributed by atoms with Gasteiger partial charge in [0.1, 0.15) is 11.3 Å². The average Bonchev–Trinajstić information content (AvgIpc) is 3.27. The molecule has 0 saturated carbocycles. The second kappa shape index (κ2) is 9.88. The van der Waals surface area contributed by atoms with E-state index in [4.69, 9.17) is 9.72 Å². The summed E-state index contributed by atoms with van der Waals surface area (Å²) in [4.78, 5) is 26.5. The van der Waals surface area contributed by atoms with Crippen molar-refractivity contribution in [3.05, 3.63) is 83.8 Å². The molecule has 0 spiro atoms. The summed E-state index contributed by atoms with van der Waals surface area (Å²) in [6, 6.07) is 20.2. The summed E-state index contributed by atoms with van der Waals surface area (Å²) in [6.45, 7) is 8.09. The van der Waals surface area contributed by atoms with E-state index in [-0.39, 0.29) is 5.91 Å². The lowest BCUT2D eigenvalue weighted by atomic mass is 10.0. The molecular formula is C28H31N5O2. The molecule has 4 aromatic rings. The van der Waals surface area contributed by atoms with E-state index in [1.165, 1.54) is 11.3 Å². The van der Waals surface area contributed by atoms with Crippen LogP contribution in [0.4, 0.5) is 0 Å². The molecule has 7 heteroatoms. The third kappa shape index (κ3) is 4.77. The fraction of sp³-hybridized carbons (Fsp3) is 0.321. The van der Waals surface area contributed by atoms with Crippen LogP contribution in [0.2, 0.25) is 0 Å². The van der Waals surface area contributed by atoms with Gasteiger partial charge in [0.05, 0.1) is 18.5 Å². The number of pyridine rings is 2. The molecule has 180 valence electrons. The minimum absolute atomic E-state index is 0.0516. The lowest BCUT2D eigenvalue weighted by Crippen LogP contribution is -2.48. The van der Waals surface area contributed by atoms with Crippen molar-refractivity contribution in [3.8, 4) is 17.1 Å². The Morgan fingerprint density at radius 1 is 0.943 bits per heavy atom. The molecule has 0 unspecified atom stereocenters. The summed E-state index contributed by atoms with van der Waals surface area (Å²) < 4.78 is 7.35. The Labute approximate surface area is 206 Å². The van der Waals surface area contributed by atoms with E-state index >= 15 is 0 Å². The van der Waals surface area contributed by atoms with Crippen LogP contribution in [0.5, 0.6) is 5.88 Å². The Bertz CT molecular complexity index is 1320. The van der Waals surface area contributed by atoms with E-state index in [1.54, 1.807) is 25.3 Å². The number of piperazine rings is 1. The topological polar surface area (TPSA) is 63.0 Å². The molecule has 7 nitrogen and oxygen atoms in total. The van der Waals surface area contributed by atoms with Crippen LogP contribution in [-0.2, 0) is 6.54 Å². The Morgan fingerprint density at radius 2 is 1.71 bits per heavy atom. The molecule has 1 fully saturated rings. The van der Waals surface area contributed by atoms with Crippen LogP contribution in [0, 0.1) is 0 Å². The Hall–Kier alpha value is -3.71. The zero-order valence-electron chi connectivity index (χ0n) is 20.5. The number of imidazole rings is 1. The van der Waals surface area contributed by atoms with E-state index in [0.29, 0.717) is 30.6 Å². The van der Waals surface area contributed by atoms with Crippen molar-refractivity contribution in [2.45, 2.75) is 26.3 Å². The molecule has 0 N–H and O–H groups in total. The molecule has 1 amide bonds. The molecule has 0 bridgehead atoms. The number of nitrogens with zero attached hydrogens (tertiary/aromatic N) is 5. The Morgan fingerprint density at radius 3 is 2.43 bits per heavy atom. The minimum Gasteiger partial charge on any atom is -0.481 e. The summed E-state index contributed by atoms with van der Waals surface area (Å²) >= 11 is 0. The highest BCUT2D eigenvalue weighted by Gasteiger charge is 2.25. The number of hydrogen-bond acceptors (Lipinski definition) is 5. The number of benzene rings is 1. The molecule has 1 saturated heterocycles. The molecular weight excluding hydrogens is 438 g/mol. The van der Waals surface area contributed by atoms with E-state index in [9.17, 15) is 4.79 Å². The van der Waals surface area contributed by atoms with Crippen molar-refractivity contribution in [1.82, 2.24) is 24.2 Å². The molecule has 5 rings (SSSR count). The summed E-state index contributed by atoms with van der Waals surface area (Å²) in [5, 5.41) is 0. The van der Waals surface area contributed by atoms with Gasteiger partial charge >= 0.3 is 0 Å². The Balaban J connectivity index is 1.34. The highest BCUT2D eigenvalue weighted by Crippen LogP contribution is 2.28. The number of aromatic nitrogens is 3. The number of carbonyl (C=O) groups is 1. The van der Waals surface area contributed by atoms with Gasteiger partial charge in [-0.3, -0.25) is 9.69 Å². The highest BCUT2D eigenvalue weighted by molar-refractivity contribution is 5.92. The van der Waals surface area contributed by atoms with Gasteiger partial charge in [0.25, 0.3) is 5.91 Å². The molecule has 4 heterocycles. The first-order valence-corrected chi connectivity index (χ1v) is 12.1. The maximum atomic E-state index is 13.0. The average molecular weight is 470 g/mol. The lowest BCUT2D eigenvalue weighted by Gasteiger charge is -2.34. The van der Waals surface area contributed by atoms with Crippen LogP contribution in [0.25, 0.3) is 16.9 Å². The van der Waals surface area contributed by atoms with Crippen LogP contribution in [0.1, 0.15) is 41.5 Å². The Kier molecular flexibility index (Phi) is 6.51. The smallest absolute Gasteiger partial charge is 0.272 e. The third-order valence-electron chi connectivity index (χ3n) is 6.66. The van der Waals surface area contributed by atoms with Gasteiger partial charge in [-0.1, -0.05) is 50.2 Å². The molecule has 0 atom stereocenters. The summed E-state index contributed by atoms with van der Waals surface area (Å²) in [5.74, 6) is 0.899. The van der Waals surface area contributed by atoms with Gasteiger partial charge in [-0.15, -0.1) is 0 Å². The van der Waals surface area contributed by atoms with Gasteiger partial charge in [0.2, 0.25) is 5.88 Å². The predicted octanol–water partition coefficient (Wildman–Crippen LogP) is 4.49. The normalized spacial score (nSPS) is 14.6. The summed E-state index contributed by atoms with van der Waals surface area (Å²) in [6.07, 6.45) is 2.08. The van der Waals surface area contributed by atoms with Gasteiger partial charge in [0, 0.05) is 50.6 Å². The predicted molar refractivity (Wildman–Crippen MR) is 137 cm³/mol. The zero-order chi connectivity index (χ0) is 24.4. The largest absolute Gasteiger partial charge is 0.481 e. The number of ether oxygens (including phenoxy) is 1. The molecule has 0 radical (unpaired) electrons. The highest BCUT2D eigenvalue weighted by atomic mass is 16.5. The fourth-order valence-electron chi connectivity index (χ4n) is 4.59. The molecule has 1 aromatic carbocycles. The van der Waals surface area contributed by atoms with Crippen LogP contribution >= 0.6 is 0 Å². The van der Waals surface area contributed by atoms with E-state index < -0.39 is 0 Å². The number of carbonyl (C=O) groups excluding carboxylic acids is 1. The van der Waals surface area contributed by atoms with Crippen LogP contribution < -0.4 is 4.74 Å². The van der Waals surface area contributed by atoms with Crippen molar-refractivity contribution >= 4 is 11.6 Å². The van der Waals surface area contributed by atoms with Gasteiger partial charge in [0.15, 0.2) is 0 Å². The fourth-order valence-corrected chi connectivity index (χ4v) is 4.59. The quantitative estimate of drug-likeness (QED) is 0.417. The van der Waals surface area contributed by atoms with E-state index in [2.05, 4.69) is 58.6 Å². The minimum atomic E-state index is -0.0516. The summed E-state index contributed by atoms with van der Waals surface area (Å²) in [5.41, 5.74) is 6.02. The monoisotopic (exact) mass is 469 g/mol. The first-order chi connectivity index (χ1) is 17.0. The number of fused-ring (bicyclic) bond motifs is 1. The van der Waals surface area contributed by atoms with Gasteiger partial charge in [-0.2, -0.15) is 0 Å². The maximum Gasteiger partial charge on any atom is 0.272 e. The number of hydrogen-bond donors (Lipinski definition) is 0. The lowest BCUT2D eigenvalue weighted by molar-refractivity contribution is 0.0620. The van der Waals surface area contributed by atoms with Crippen molar-refractivity contribution in [2.75, 3.05) is 33.3 Å². The molecule has 0 aliphatic carbocycles. The first kappa shape index (κ1) is 23.1. The second-order valence-electron chi connectivity index (χ2n) is 9.25. The summed E-state index contributed by atoms with van der Waals surface area (Å²) in [7, 11) is 1.56. The number of methoxy groups -OCH3 is 1. The zero-order valence-corrected chi connectivity index (χ0v) is 20.5. The van der Waals surface area contributed by atoms with Gasteiger partial charge < -0.3 is 14.0 Å². The van der Waals surface area contributed by atoms with Crippen molar-refractivity contribution in [1.29, 1.82) is 0 Å². The van der Waals surface area contributed by atoms with Gasteiger partial charge in [-0.25, -0.2) is 9.97 Å².